The Bertz CT molecular complexity index is 1900. The highest BCUT2D eigenvalue weighted by atomic mass is 32.2. The molecule has 252 valence electrons. The molecule has 2 aliphatic heterocycles. The Morgan fingerprint density at radius 3 is 2.47 bits per heavy atom. The molecule has 1 aromatic carbocycles. The van der Waals surface area contributed by atoms with Gasteiger partial charge >= 0.3 is 6.18 Å². The van der Waals surface area contributed by atoms with Crippen LogP contribution >= 0.6 is 11.3 Å². The van der Waals surface area contributed by atoms with Gasteiger partial charge in [-0.15, -0.1) is 11.3 Å². The number of nitrogens with zero attached hydrogens (tertiary/aromatic N) is 7. The second kappa shape index (κ2) is 13.3. The lowest BCUT2D eigenvalue weighted by atomic mass is 10.0. The van der Waals surface area contributed by atoms with Crippen LogP contribution in [0.3, 0.4) is 0 Å². The van der Waals surface area contributed by atoms with Crippen LogP contribution in [0.15, 0.2) is 30.6 Å². The molecule has 6 rings (SSSR count). The number of rotatable bonds is 9. The maximum atomic E-state index is 12.9. The summed E-state index contributed by atoms with van der Waals surface area (Å²) in [7, 11) is -3.19. The van der Waals surface area contributed by atoms with Crippen LogP contribution in [0.2, 0.25) is 0 Å². The average Bonchev–Trinajstić information content (AvgIpc) is 3.59. The third-order valence-electron chi connectivity index (χ3n) is 9.47. The number of nitriles is 1. The van der Waals surface area contributed by atoms with Gasteiger partial charge in [0, 0.05) is 80.2 Å². The molecule has 2 saturated heterocycles. The number of anilines is 1. The van der Waals surface area contributed by atoms with Crippen molar-refractivity contribution in [3.05, 3.63) is 52.3 Å². The zero-order valence-corrected chi connectivity index (χ0v) is 28.4. The molecule has 0 radical (unpaired) electrons. The highest BCUT2D eigenvalue weighted by molar-refractivity contribution is 7.88. The fraction of sp³-hybridized carbons (Fsp3) is 0.531. The summed E-state index contributed by atoms with van der Waals surface area (Å²) < 4.78 is 66.3. The number of benzene rings is 1. The standard InChI is InChI=1S/C32H39F3N8O2S2/c1-21(41-10-12-42(13-11-41)47(3,44)45)18-43-25(17-36)14-27-22(2)23(4-5-29(27)43)19-40-8-6-24(7-9-40)39-30-28-15-26(16-32(33,34)35)46-31(28)38-20-37-30/h4-5,14-15,20-21,24H,6-13,16,18-19H2,1-3H3,(H,37,38,39)/t21-/m1/s1. The topological polar surface area (TPSA) is 110 Å². The molecule has 1 N–H and O–H groups in total. The predicted molar refractivity (Wildman–Crippen MR) is 178 cm³/mol. The molecule has 10 nitrogen and oxygen atoms in total. The van der Waals surface area contributed by atoms with E-state index in [1.807, 2.05) is 6.07 Å². The van der Waals surface area contributed by atoms with Crippen LogP contribution in [-0.2, 0) is 29.5 Å². The van der Waals surface area contributed by atoms with Crippen molar-refractivity contribution >= 4 is 48.3 Å². The van der Waals surface area contributed by atoms with Gasteiger partial charge in [0.1, 0.15) is 28.7 Å². The summed E-state index contributed by atoms with van der Waals surface area (Å²) in [5.41, 5.74) is 4.01. The molecule has 3 aromatic heterocycles. The molecule has 2 fully saturated rings. The second-order valence-corrected chi connectivity index (χ2v) is 15.8. The molecule has 1 atom stereocenters. The van der Waals surface area contributed by atoms with Crippen molar-refractivity contribution < 1.29 is 21.6 Å². The molecule has 2 aliphatic rings. The number of hydrogen-bond donors (Lipinski definition) is 1. The molecule has 0 amide bonds. The third-order valence-corrected chi connectivity index (χ3v) is 11.8. The molecule has 4 aromatic rings. The molecular formula is C32H39F3N8O2S2. The first-order valence-corrected chi connectivity index (χ1v) is 18.5. The van der Waals surface area contributed by atoms with Crippen LogP contribution in [0.1, 0.15) is 41.5 Å². The number of alkyl halides is 3. The average molecular weight is 689 g/mol. The Labute approximate surface area is 276 Å². The Hall–Kier alpha value is -3.29. The van der Waals surface area contributed by atoms with E-state index in [9.17, 15) is 26.9 Å². The number of aryl methyl sites for hydroxylation is 1. The van der Waals surface area contributed by atoms with Gasteiger partial charge in [0.25, 0.3) is 0 Å². The van der Waals surface area contributed by atoms with E-state index in [0.29, 0.717) is 54.5 Å². The van der Waals surface area contributed by atoms with Crippen molar-refractivity contribution in [2.24, 2.45) is 0 Å². The van der Waals surface area contributed by atoms with Crippen molar-refractivity contribution in [3.63, 3.8) is 0 Å². The predicted octanol–water partition coefficient (Wildman–Crippen LogP) is 4.97. The number of fused-ring (bicyclic) bond motifs is 2. The van der Waals surface area contributed by atoms with E-state index in [-0.39, 0.29) is 17.0 Å². The number of aromatic nitrogens is 3. The Balaban J connectivity index is 1.08. The molecule has 0 aliphatic carbocycles. The number of piperazine rings is 1. The number of halogens is 3. The van der Waals surface area contributed by atoms with Crippen molar-refractivity contribution in [1.29, 1.82) is 5.26 Å². The van der Waals surface area contributed by atoms with Crippen molar-refractivity contribution in [2.45, 2.75) is 64.5 Å². The van der Waals surface area contributed by atoms with E-state index in [1.54, 1.807) is 6.07 Å². The van der Waals surface area contributed by atoms with Crippen LogP contribution < -0.4 is 5.32 Å². The van der Waals surface area contributed by atoms with Crippen molar-refractivity contribution in [2.75, 3.05) is 50.8 Å². The molecule has 0 spiro atoms. The number of thiophene rings is 1. The summed E-state index contributed by atoms with van der Waals surface area (Å²) in [4.78, 5) is 14.0. The van der Waals surface area contributed by atoms with E-state index in [2.05, 4.69) is 61.7 Å². The normalized spacial score (nSPS) is 18.6. The lowest BCUT2D eigenvalue weighted by Gasteiger charge is -2.37. The highest BCUT2D eigenvalue weighted by Gasteiger charge is 2.30. The van der Waals surface area contributed by atoms with Crippen LogP contribution in [0.25, 0.3) is 21.1 Å². The maximum Gasteiger partial charge on any atom is 0.393 e. The fourth-order valence-electron chi connectivity index (χ4n) is 6.81. The van der Waals surface area contributed by atoms with Gasteiger partial charge in [-0.1, -0.05) is 6.07 Å². The van der Waals surface area contributed by atoms with Gasteiger partial charge in [-0.25, -0.2) is 18.4 Å². The summed E-state index contributed by atoms with van der Waals surface area (Å²) in [6, 6.07) is 10.5. The number of hydrogen-bond acceptors (Lipinski definition) is 9. The Morgan fingerprint density at radius 2 is 1.81 bits per heavy atom. The third kappa shape index (κ3) is 7.57. The SMILES string of the molecule is Cc1c(CN2CCC(Nc3ncnc4sc(CC(F)(F)F)cc34)CC2)ccc2c1cc(C#N)n2C[C@@H](C)N1CCN(S(C)(=O)=O)CC1. The van der Waals surface area contributed by atoms with Gasteiger partial charge in [-0.2, -0.15) is 22.7 Å². The van der Waals surface area contributed by atoms with E-state index >= 15 is 0 Å². The number of piperidine rings is 1. The zero-order valence-electron chi connectivity index (χ0n) is 26.7. The van der Waals surface area contributed by atoms with Crippen LogP contribution in [-0.4, -0.2) is 101 Å². The second-order valence-electron chi connectivity index (χ2n) is 12.7. The van der Waals surface area contributed by atoms with Gasteiger partial charge in [-0.3, -0.25) is 9.80 Å². The smallest absolute Gasteiger partial charge is 0.367 e. The minimum Gasteiger partial charge on any atom is -0.367 e. The van der Waals surface area contributed by atoms with E-state index in [0.717, 1.165) is 60.3 Å². The van der Waals surface area contributed by atoms with Crippen molar-refractivity contribution in [3.8, 4) is 6.07 Å². The Morgan fingerprint density at radius 1 is 1.09 bits per heavy atom. The molecular weight excluding hydrogens is 650 g/mol. The summed E-state index contributed by atoms with van der Waals surface area (Å²) in [6.07, 6.45) is -0.833. The van der Waals surface area contributed by atoms with E-state index < -0.39 is 22.6 Å². The van der Waals surface area contributed by atoms with E-state index in [4.69, 9.17) is 0 Å². The lowest BCUT2D eigenvalue weighted by molar-refractivity contribution is -0.126. The summed E-state index contributed by atoms with van der Waals surface area (Å²) in [6.45, 7) is 9.65. The van der Waals surface area contributed by atoms with Crippen molar-refractivity contribution in [1.82, 2.24) is 28.6 Å². The maximum absolute atomic E-state index is 12.9. The quantitative estimate of drug-likeness (QED) is 0.263. The van der Waals surface area contributed by atoms with Crippen LogP contribution in [0.5, 0.6) is 0 Å². The number of likely N-dealkylation sites (tertiary alicyclic amines) is 1. The zero-order chi connectivity index (χ0) is 33.5. The van der Waals surface area contributed by atoms with Gasteiger partial charge in [0.15, 0.2) is 0 Å². The Kier molecular flexibility index (Phi) is 9.52. The fourth-order valence-corrected chi connectivity index (χ4v) is 8.67. The van der Waals surface area contributed by atoms with E-state index in [1.165, 1.54) is 22.5 Å². The van der Waals surface area contributed by atoms with Crippen LogP contribution in [0, 0.1) is 18.3 Å². The molecule has 0 bridgehead atoms. The summed E-state index contributed by atoms with van der Waals surface area (Å²) >= 11 is 1.06. The van der Waals surface area contributed by atoms with Gasteiger partial charge < -0.3 is 9.88 Å². The molecule has 0 unspecified atom stereocenters. The van der Waals surface area contributed by atoms with Gasteiger partial charge in [-0.05, 0) is 56.0 Å². The summed E-state index contributed by atoms with van der Waals surface area (Å²) in [5.74, 6) is 0.586. The minimum absolute atomic E-state index is 0.134. The molecule has 5 heterocycles. The number of nitrogens with one attached hydrogen (secondary N) is 1. The molecule has 0 saturated carbocycles. The summed E-state index contributed by atoms with van der Waals surface area (Å²) in [5, 5.41) is 15.2. The minimum atomic E-state index is -4.26. The van der Waals surface area contributed by atoms with Crippen LogP contribution in [0.4, 0.5) is 19.0 Å². The highest BCUT2D eigenvalue weighted by Crippen LogP contribution is 2.33. The monoisotopic (exact) mass is 688 g/mol. The lowest BCUT2D eigenvalue weighted by Crippen LogP contribution is -2.51. The first-order chi connectivity index (χ1) is 22.3. The molecule has 15 heteroatoms. The first kappa shape index (κ1) is 33.6. The number of sulfonamides is 1. The largest absolute Gasteiger partial charge is 0.393 e. The molecule has 47 heavy (non-hydrogen) atoms. The van der Waals surface area contributed by atoms with Gasteiger partial charge in [0.05, 0.1) is 18.1 Å². The first-order valence-electron chi connectivity index (χ1n) is 15.8. The van der Waals surface area contributed by atoms with Gasteiger partial charge in [0.2, 0.25) is 10.0 Å².